The second kappa shape index (κ2) is 6.20. The van der Waals surface area contributed by atoms with Crippen molar-refractivity contribution < 1.29 is 14.6 Å². The average molecular weight is 294 g/mol. The molecule has 0 saturated carbocycles. The number of allylic oxidation sites excluding steroid dienone is 3. The standard InChI is InChI=1S/C16H26N2O3/c1-16(2,3)21-15(20)18-10-12-7-5-4-6-11(12)8-13(18)14(19)9-17/h4-7,11-14,19H,8-10,17H2,1-3H3/t11?,12?,13-,14?/m0/s1. The number of rotatable bonds is 2. The number of fused-ring (bicyclic) bond motifs is 1. The van der Waals surface area contributed by atoms with Crippen LogP contribution in [0.4, 0.5) is 4.79 Å². The summed E-state index contributed by atoms with van der Waals surface area (Å²) in [7, 11) is 0. The maximum Gasteiger partial charge on any atom is 0.410 e. The number of aliphatic hydroxyl groups excluding tert-OH is 1. The van der Waals surface area contributed by atoms with Gasteiger partial charge in [0.1, 0.15) is 5.60 Å². The Bertz CT molecular complexity index is 439. The van der Waals surface area contributed by atoms with Crippen LogP contribution >= 0.6 is 0 Å². The maximum absolute atomic E-state index is 12.4. The molecular formula is C16H26N2O3. The first-order valence-electron chi connectivity index (χ1n) is 7.54. The zero-order chi connectivity index (χ0) is 15.6. The highest BCUT2D eigenvalue weighted by molar-refractivity contribution is 5.69. The molecule has 1 fully saturated rings. The summed E-state index contributed by atoms with van der Waals surface area (Å²) >= 11 is 0. The molecule has 0 aromatic carbocycles. The topological polar surface area (TPSA) is 75.8 Å². The van der Waals surface area contributed by atoms with Crippen molar-refractivity contribution in [3.05, 3.63) is 24.3 Å². The van der Waals surface area contributed by atoms with Crippen molar-refractivity contribution in [2.75, 3.05) is 13.1 Å². The van der Waals surface area contributed by atoms with E-state index in [0.29, 0.717) is 18.9 Å². The van der Waals surface area contributed by atoms with Crippen LogP contribution in [0.1, 0.15) is 27.2 Å². The fourth-order valence-corrected chi connectivity index (χ4v) is 2.97. The molecule has 2 aliphatic rings. The minimum Gasteiger partial charge on any atom is -0.444 e. The van der Waals surface area contributed by atoms with Gasteiger partial charge in [0, 0.05) is 19.0 Å². The van der Waals surface area contributed by atoms with Crippen LogP contribution in [0.2, 0.25) is 0 Å². The highest BCUT2D eigenvalue weighted by atomic mass is 16.6. The van der Waals surface area contributed by atoms with Crippen molar-refractivity contribution in [1.82, 2.24) is 4.90 Å². The smallest absolute Gasteiger partial charge is 0.410 e. The zero-order valence-electron chi connectivity index (χ0n) is 13.0. The van der Waals surface area contributed by atoms with E-state index < -0.39 is 11.7 Å². The summed E-state index contributed by atoms with van der Waals surface area (Å²) in [6.45, 7) is 6.23. The summed E-state index contributed by atoms with van der Waals surface area (Å²) in [5, 5.41) is 10.2. The number of carbonyl (C=O) groups is 1. The molecule has 21 heavy (non-hydrogen) atoms. The molecule has 5 heteroatoms. The quantitative estimate of drug-likeness (QED) is 0.812. The van der Waals surface area contributed by atoms with Crippen molar-refractivity contribution >= 4 is 6.09 Å². The van der Waals surface area contributed by atoms with Crippen molar-refractivity contribution in [1.29, 1.82) is 0 Å². The monoisotopic (exact) mass is 294 g/mol. The van der Waals surface area contributed by atoms with E-state index in [2.05, 4.69) is 12.2 Å². The molecule has 0 aromatic heterocycles. The number of likely N-dealkylation sites (tertiary alicyclic amines) is 1. The first-order valence-corrected chi connectivity index (χ1v) is 7.54. The van der Waals surface area contributed by atoms with E-state index in [1.54, 1.807) is 4.90 Å². The Morgan fingerprint density at radius 2 is 2.00 bits per heavy atom. The number of hydrogen-bond donors (Lipinski definition) is 2. The Morgan fingerprint density at radius 3 is 2.57 bits per heavy atom. The van der Waals surface area contributed by atoms with Crippen molar-refractivity contribution in [2.24, 2.45) is 17.6 Å². The number of nitrogens with zero attached hydrogens (tertiary/aromatic N) is 1. The number of aliphatic hydroxyl groups is 1. The molecule has 1 aliphatic carbocycles. The molecule has 3 unspecified atom stereocenters. The van der Waals surface area contributed by atoms with Gasteiger partial charge in [-0.1, -0.05) is 24.3 Å². The molecule has 3 N–H and O–H groups in total. The van der Waals surface area contributed by atoms with Gasteiger partial charge in [0.25, 0.3) is 0 Å². The summed E-state index contributed by atoms with van der Waals surface area (Å²) in [4.78, 5) is 14.1. The van der Waals surface area contributed by atoms with Gasteiger partial charge in [-0.2, -0.15) is 0 Å². The second-order valence-corrected chi connectivity index (χ2v) is 6.84. The highest BCUT2D eigenvalue weighted by Crippen LogP contribution is 2.34. The fraction of sp³-hybridized carbons (Fsp3) is 0.688. The predicted octanol–water partition coefficient (Wildman–Crippen LogP) is 1.67. The fourth-order valence-electron chi connectivity index (χ4n) is 2.97. The number of ether oxygens (including phenoxy) is 1. The molecule has 2 rings (SSSR count). The average Bonchev–Trinajstić information content (AvgIpc) is 2.43. The van der Waals surface area contributed by atoms with Crippen molar-refractivity contribution in [2.45, 2.75) is 44.9 Å². The second-order valence-electron chi connectivity index (χ2n) is 6.84. The molecule has 0 spiro atoms. The first kappa shape index (κ1) is 16.0. The number of carbonyl (C=O) groups excluding carboxylic acids is 1. The maximum atomic E-state index is 12.4. The molecule has 0 radical (unpaired) electrons. The van der Waals surface area contributed by atoms with Gasteiger partial charge in [0.05, 0.1) is 12.1 Å². The van der Waals surface area contributed by atoms with E-state index in [4.69, 9.17) is 10.5 Å². The van der Waals surface area contributed by atoms with Gasteiger partial charge < -0.3 is 20.5 Å². The SMILES string of the molecule is CC(C)(C)OC(=O)N1CC2C=CC=CC2C[C@H]1C(O)CN. The van der Waals surface area contributed by atoms with Gasteiger partial charge >= 0.3 is 6.09 Å². The van der Waals surface area contributed by atoms with E-state index in [1.165, 1.54) is 0 Å². The van der Waals surface area contributed by atoms with Gasteiger partial charge in [-0.15, -0.1) is 0 Å². The summed E-state index contributed by atoms with van der Waals surface area (Å²) in [6.07, 6.45) is 7.91. The zero-order valence-corrected chi connectivity index (χ0v) is 13.0. The molecule has 5 nitrogen and oxygen atoms in total. The minimum absolute atomic E-state index is 0.140. The third kappa shape index (κ3) is 3.86. The molecule has 0 bridgehead atoms. The van der Waals surface area contributed by atoms with Crippen LogP contribution in [0.5, 0.6) is 0 Å². The Hall–Kier alpha value is -1.33. The van der Waals surface area contributed by atoms with Crippen molar-refractivity contribution in [3.63, 3.8) is 0 Å². The molecule has 1 heterocycles. The Kier molecular flexibility index (Phi) is 4.74. The molecule has 1 amide bonds. The van der Waals surface area contributed by atoms with Crippen molar-refractivity contribution in [3.8, 4) is 0 Å². The molecule has 0 aromatic rings. The van der Waals surface area contributed by atoms with Gasteiger partial charge in [0.15, 0.2) is 0 Å². The number of piperidine rings is 1. The number of hydrogen-bond acceptors (Lipinski definition) is 4. The van der Waals surface area contributed by atoms with Gasteiger partial charge in [-0.25, -0.2) is 4.79 Å². The lowest BCUT2D eigenvalue weighted by Crippen LogP contribution is -2.56. The number of nitrogens with two attached hydrogens (primary N) is 1. The third-order valence-electron chi connectivity index (χ3n) is 4.01. The third-order valence-corrected chi connectivity index (χ3v) is 4.01. The van der Waals surface area contributed by atoms with Crippen LogP contribution in [-0.2, 0) is 4.74 Å². The lowest BCUT2D eigenvalue weighted by Gasteiger charge is -2.44. The van der Waals surface area contributed by atoms with E-state index in [-0.39, 0.29) is 24.6 Å². The minimum atomic E-state index is -0.724. The molecular weight excluding hydrogens is 268 g/mol. The Balaban J connectivity index is 2.16. The summed E-state index contributed by atoms with van der Waals surface area (Å²) in [5.41, 5.74) is 5.05. The normalized spacial score (nSPS) is 30.0. The van der Waals surface area contributed by atoms with Crippen LogP contribution in [0.15, 0.2) is 24.3 Å². The van der Waals surface area contributed by atoms with Gasteiger partial charge in [-0.3, -0.25) is 0 Å². The summed E-state index contributed by atoms with van der Waals surface area (Å²) in [6, 6.07) is -0.290. The summed E-state index contributed by atoms with van der Waals surface area (Å²) < 4.78 is 5.47. The predicted molar refractivity (Wildman–Crippen MR) is 81.7 cm³/mol. The lowest BCUT2D eigenvalue weighted by molar-refractivity contribution is -0.0264. The van der Waals surface area contributed by atoms with Crippen LogP contribution in [0.25, 0.3) is 0 Å². The van der Waals surface area contributed by atoms with Crippen LogP contribution in [0, 0.1) is 11.8 Å². The largest absolute Gasteiger partial charge is 0.444 e. The number of amides is 1. The van der Waals surface area contributed by atoms with E-state index in [1.807, 2.05) is 32.9 Å². The molecule has 1 aliphatic heterocycles. The molecule has 4 atom stereocenters. The van der Waals surface area contributed by atoms with Crippen LogP contribution < -0.4 is 5.73 Å². The molecule has 118 valence electrons. The Labute approximate surface area is 126 Å². The van der Waals surface area contributed by atoms with Gasteiger partial charge in [-0.05, 0) is 33.1 Å². The highest BCUT2D eigenvalue weighted by Gasteiger charge is 2.40. The van der Waals surface area contributed by atoms with Gasteiger partial charge in [0.2, 0.25) is 0 Å². The Morgan fingerprint density at radius 1 is 1.38 bits per heavy atom. The van der Waals surface area contributed by atoms with E-state index in [9.17, 15) is 9.90 Å². The lowest BCUT2D eigenvalue weighted by atomic mass is 9.78. The van der Waals surface area contributed by atoms with E-state index >= 15 is 0 Å². The van der Waals surface area contributed by atoms with E-state index in [0.717, 1.165) is 0 Å². The molecule has 1 saturated heterocycles. The summed E-state index contributed by atoms with van der Waals surface area (Å²) in [5.74, 6) is 0.628. The van der Waals surface area contributed by atoms with Crippen LogP contribution in [-0.4, -0.2) is 46.9 Å². The van der Waals surface area contributed by atoms with Crippen LogP contribution in [0.3, 0.4) is 0 Å². The first-order chi connectivity index (χ1) is 9.81.